The van der Waals surface area contributed by atoms with Gasteiger partial charge in [-0.05, 0) is 47.0 Å². The normalized spacial score (nSPS) is 16.0. The van der Waals surface area contributed by atoms with Crippen LogP contribution in [0.1, 0.15) is 12.8 Å². The van der Waals surface area contributed by atoms with Crippen molar-refractivity contribution in [2.45, 2.75) is 12.8 Å². The van der Waals surface area contributed by atoms with Crippen LogP contribution in [0, 0.1) is 11.7 Å². The molecule has 0 saturated carbocycles. The number of aliphatic imine (C=N–C) groups is 1. The molecule has 1 aliphatic heterocycles. The number of amides is 1. The highest BCUT2D eigenvalue weighted by Gasteiger charge is 2.30. The van der Waals surface area contributed by atoms with Gasteiger partial charge in [-0.1, -0.05) is 0 Å². The molecule has 7 nitrogen and oxygen atoms in total. The van der Waals surface area contributed by atoms with Crippen molar-refractivity contribution >= 4 is 39.3 Å². The zero-order valence-electron chi connectivity index (χ0n) is 13.0. The van der Waals surface area contributed by atoms with Gasteiger partial charge in [-0.2, -0.15) is 0 Å². The summed E-state index contributed by atoms with van der Waals surface area (Å²) in [5.41, 5.74) is 2.13. The minimum Gasteiger partial charge on any atom is -0.453 e. The monoisotopic (exact) mass is 401 g/mol. The minimum atomic E-state index is -0.450. The third kappa shape index (κ3) is 4.30. The number of nitrogens with one attached hydrogen (secondary N) is 1. The number of rotatable bonds is 3. The van der Waals surface area contributed by atoms with E-state index >= 15 is 0 Å². The topological polar surface area (TPSA) is 91.2 Å². The number of hydrogen-bond acceptors (Lipinski definition) is 5. The SMILES string of the molecule is COC(=O)N1CCC(C(=O)C(=Nc2ccc(F)c(Br)c2)NO)CC1. The molecule has 0 aliphatic carbocycles. The van der Waals surface area contributed by atoms with Crippen LogP contribution in [-0.4, -0.2) is 48.0 Å². The van der Waals surface area contributed by atoms with Crippen LogP contribution in [0.3, 0.4) is 0 Å². The Kier molecular flexibility index (Phi) is 6.27. The van der Waals surface area contributed by atoms with Gasteiger partial charge in [0.2, 0.25) is 5.78 Å². The molecule has 24 heavy (non-hydrogen) atoms. The standard InChI is InChI=1S/C15H17BrFN3O4/c1-24-15(22)20-6-4-9(5-7-20)13(21)14(19-23)18-10-2-3-12(17)11(16)8-10/h2-3,8-9,23H,4-7H2,1H3,(H,18,19). The summed E-state index contributed by atoms with van der Waals surface area (Å²) < 4.78 is 18.1. The summed E-state index contributed by atoms with van der Waals surface area (Å²) in [6, 6.07) is 4.00. The summed E-state index contributed by atoms with van der Waals surface area (Å²) >= 11 is 3.04. The molecule has 130 valence electrons. The molecule has 1 aromatic carbocycles. The van der Waals surface area contributed by atoms with E-state index in [2.05, 4.69) is 25.7 Å². The average Bonchev–Trinajstić information content (AvgIpc) is 2.61. The fourth-order valence-electron chi connectivity index (χ4n) is 2.47. The van der Waals surface area contributed by atoms with E-state index in [9.17, 15) is 19.2 Å². The number of benzene rings is 1. The number of amidine groups is 1. The third-order valence-electron chi connectivity index (χ3n) is 3.78. The van der Waals surface area contributed by atoms with Crippen LogP contribution in [0.15, 0.2) is 27.7 Å². The predicted octanol–water partition coefficient (Wildman–Crippen LogP) is 2.64. The zero-order valence-corrected chi connectivity index (χ0v) is 14.5. The number of ketones is 1. The van der Waals surface area contributed by atoms with Crippen molar-refractivity contribution < 1.29 is 23.9 Å². The van der Waals surface area contributed by atoms with E-state index in [-0.39, 0.29) is 22.0 Å². The fraction of sp³-hybridized carbons (Fsp3) is 0.400. The number of hydroxylamine groups is 1. The van der Waals surface area contributed by atoms with Crippen molar-refractivity contribution in [2.75, 3.05) is 20.2 Å². The van der Waals surface area contributed by atoms with E-state index in [1.165, 1.54) is 30.2 Å². The van der Waals surface area contributed by atoms with Gasteiger partial charge in [0, 0.05) is 19.0 Å². The van der Waals surface area contributed by atoms with Crippen molar-refractivity contribution in [3.63, 3.8) is 0 Å². The third-order valence-corrected chi connectivity index (χ3v) is 4.39. The number of likely N-dealkylation sites (tertiary alicyclic amines) is 1. The second-order valence-corrected chi connectivity index (χ2v) is 6.12. The lowest BCUT2D eigenvalue weighted by Gasteiger charge is -2.30. The largest absolute Gasteiger partial charge is 0.453 e. The fourth-order valence-corrected chi connectivity index (χ4v) is 2.83. The smallest absolute Gasteiger partial charge is 0.409 e. The van der Waals surface area contributed by atoms with Gasteiger partial charge in [-0.3, -0.25) is 10.0 Å². The average molecular weight is 402 g/mol. The van der Waals surface area contributed by atoms with Crippen LogP contribution in [0.2, 0.25) is 0 Å². The molecule has 0 bridgehead atoms. The first-order chi connectivity index (χ1) is 11.5. The van der Waals surface area contributed by atoms with Crippen molar-refractivity contribution in [1.29, 1.82) is 0 Å². The molecule has 1 saturated heterocycles. The Hall–Kier alpha value is -2.00. The van der Waals surface area contributed by atoms with Crippen molar-refractivity contribution in [3.8, 4) is 0 Å². The van der Waals surface area contributed by atoms with E-state index in [0.717, 1.165) is 0 Å². The van der Waals surface area contributed by atoms with Crippen LogP contribution < -0.4 is 5.48 Å². The number of carbonyl (C=O) groups excluding carboxylic acids is 2. The first-order valence-electron chi connectivity index (χ1n) is 7.27. The molecule has 0 radical (unpaired) electrons. The van der Waals surface area contributed by atoms with Crippen LogP contribution in [0.4, 0.5) is 14.9 Å². The van der Waals surface area contributed by atoms with Gasteiger partial charge in [-0.25, -0.2) is 19.7 Å². The number of ether oxygens (including phenoxy) is 1. The van der Waals surface area contributed by atoms with Crippen LogP contribution in [0.5, 0.6) is 0 Å². The number of methoxy groups -OCH3 is 1. The Morgan fingerprint density at radius 2 is 2.08 bits per heavy atom. The molecular formula is C15H17BrFN3O4. The van der Waals surface area contributed by atoms with Crippen LogP contribution >= 0.6 is 15.9 Å². The molecule has 2 N–H and O–H groups in total. The predicted molar refractivity (Wildman–Crippen MR) is 87.8 cm³/mol. The molecule has 1 aliphatic rings. The van der Waals surface area contributed by atoms with E-state index < -0.39 is 11.9 Å². The van der Waals surface area contributed by atoms with Gasteiger partial charge >= 0.3 is 6.09 Å². The molecule has 1 heterocycles. The highest BCUT2D eigenvalue weighted by Crippen LogP contribution is 2.23. The Morgan fingerprint density at radius 3 is 2.62 bits per heavy atom. The molecule has 0 aromatic heterocycles. The van der Waals surface area contributed by atoms with Gasteiger partial charge < -0.3 is 9.64 Å². The van der Waals surface area contributed by atoms with Gasteiger partial charge in [0.1, 0.15) is 5.82 Å². The number of hydrogen-bond donors (Lipinski definition) is 2. The van der Waals surface area contributed by atoms with Crippen LogP contribution in [-0.2, 0) is 9.53 Å². The maximum atomic E-state index is 13.2. The van der Waals surface area contributed by atoms with Gasteiger partial charge in [0.15, 0.2) is 5.84 Å². The summed E-state index contributed by atoms with van der Waals surface area (Å²) in [5.74, 6) is -1.39. The van der Waals surface area contributed by atoms with Crippen molar-refractivity contribution in [1.82, 2.24) is 10.4 Å². The van der Waals surface area contributed by atoms with Crippen molar-refractivity contribution in [2.24, 2.45) is 10.9 Å². The lowest BCUT2D eigenvalue weighted by molar-refractivity contribution is -0.118. The van der Waals surface area contributed by atoms with E-state index in [1.54, 1.807) is 0 Å². The molecule has 1 aromatic rings. The number of carbonyl (C=O) groups is 2. The molecule has 0 spiro atoms. The maximum absolute atomic E-state index is 13.2. The van der Waals surface area contributed by atoms with E-state index in [4.69, 9.17) is 0 Å². The first kappa shape index (κ1) is 18.3. The number of halogens is 2. The lowest BCUT2D eigenvalue weighted by atomic mass is 9.92. The van der Waals surface area contributed by atoms with E-state index in [1.807, 2.05) is 5.48 Å². The highest BCUT2D eigenvalue weighted by molar-refractivity contribution is 9.10. The first-order valence-corrected chi connectivity index (χ1v) is 8.06. The molecule has 0 unspecified atom stereocenters. The Morgan fingerprint density at radius 1 is 1.42 bits per heavy atom. The summed E-state index contributed by atoms with van der Waals surface area (Å²) in [6.07, 6.45) is 0.468. The van der Waals surface area contributed by atoms with Gasteiger partial charge in [0.25, 0.3) is 0 Å². The summed E-state index contributed by atoms with van der Waals surface area (Å²) in [7, 11) is 1.31. The highest BCUT2D eigenvalue weighted by atomic mass is 79.9. The number of nitrogens with zero attached hydrogens (tertiary/aromatic N) is 2. The number of Topliss-reactive ketones (excluding diaryl/α,β-unsaturated/α-hetero) is 1. The minimum absolute atomic E-state index is 0.208. The Labute approximate surface area is 146 Å². The Bertz CT molecular complexity index is 660. The lowest BCUT2D eigenvalue weighted by Crippen LogP contribution is -2.43. The molecular weight excluding hydrogens is 385 g/mol. The molecule has 1 fully saturated rings. The summed E-state index contributed by atoms with van der Waals surface area (Å²) in [4.78, 5) is 29.4. The van der Waals surface area contributed by atoms with Gasteiger partial charge in [-0.15, -0.1) is 0 Å². The molecule has 9 heteroatoms. The van der Waals surface area contributed by atoms with Crippen LogP contribution in [0.25, 0.3) is 0 Å². The van der Waals surface area contributed by atoms with Crippen molar-refractivity contribution in [3.05, 3.63) is 28.5 Å². The summed E-state index contributed by atoms with van der Waals surface area (Å²) in [6.45, 7) is 0.785. The van der Waals surface area contributed by atoms with E-state index in [0.29, 0.717) is 31.6 Å². The Balaban J connectivity index is 2.08. The molecule has 1 amide bonds. The number of piperidine rings is 1. The van der Waals surface area contributed by atoms with Gasteiger partial charge in [0.05, 0.1) is 17.3 Å². The summed E-state index contributed by atoms with van der Waals surface area (Å²) in [5, 5.41) is 9.22. The molecule has 0 atom stereocenters. The maximum Gasteiger partial charge on any atom is 0.409 e. The molecule has 2 rings (SSSR count). The zero-order chi connectivity index (χ0) is 17.7. The quantitative estimate of drug-likeness (QED) is 0.461. The second-order valence-electron chi connectivity index (χ2n) is 5.27. The second kappa shape index (κ2) is 8.20.